The van der Waals surface area contributed by atoms with Gasteiger partial charge >= 0.3 is 5.63 Å². The van der Waals surface area contributed by atoms with E-state index < -0.39 is 11.5 Å². The van der Waals surface area contributed by atoms with Crippen LogP contribution < -0.4 is 10.9 Å². The van der Waals surface area contributed by atoms with E-state index in [1.807, 2.05) is 68.4 Å². The molecular weight excluding hydrogens is 398 g/mol. The summed E-state index contributed by atoms with van der Waals surface area (Å²) in [4.78, 5) is 25.2. The van der Waals surface area contributed by atoms with Gasteiger partial charge in [-0.25, -0.2) is 4.79 Å². The maximum atomic E-state index is 12.8. The molecule has 0 fully saturated rings. The summed E-state index contributed by atoms with van der Waals surface area (Å²) in [7, 11) is 0. The average Bonchev–Trinajstić information content (AvgIpc) is 2.73. The molecule has 1 aromatic heterocycles. The molecule has 0 radical (unpaired) electrons. The third-order valence-electron chi connectivity index (χ3n) is 5.25. The van der Waals surface area contributed by atoms with Gasteiger partial charge in [-0.2, -0.15) is 0 Å². The first-order chi connectivity index (χ1) is 14.4. The van der Waals surface area contributed by atoms with Crippen molar-refractivity contribution in [2.75, 3.05) is 5.32 Å². The molecule has 4 rings (SSSR count). The fraction of sp³-hybridized carbons (Fsp3) is 0.120. The maximum Gasteiger partial charge on any atom is 0.349 e. The number of hydrogen-bond donors (Lipinski definition) is 1. The Morgan fingerprint density at radius 3 is 2.60 bits per heavy atom. The van der Waals surface area contributed by atoms with Gasteiger partial charge in [0.25, 0.3) is 5.91 Å². The predicted molar refractivity (Wildman–Crippen MR) is 121 cm³/mol. The molecule has 3 aromatic carbocycles. The van der Waals surface area contributed by atoms with E-state index in [4.69, 9.17) is 16.0 Å². The fourth-order valence-electron chi connectivity index (χ4n) is 3.38. The summed E-state index contributed by atoms with van der Waals surface area (Å²) in [6.07, 6.45) is 0.638. The minimum atomic E-state index is -0.663. The lowest BCUT2D eigenvalue weighted by Gasteiger charge is -2.10. The van der Waals surface area contributed by atoms with Gasteiger partial charge < -0.3 is 9.73 Å². The van der Waals surface area contributed by atoms with E-state index in [0.29, 0.717) is 28.1 Å². The first kappa shape index (κ1) is 19.9. The van der Waals surface area contributed by atoms with E-state index in [-0.39, 0.29) is 5.56 Å². The van der Waals surface area contributed by atoms with Crippen LogP contribution in [-0.2, 0) is 6.42 Å². The third kappa shape index (κ3) is 4.00. The topological polar surface area (TPSA) is 59.3 Å². The minimum Gasteiger partial charge on any atom is -0.422 e. The molecule has 0 unspecified atom stereocenters. The van der Waals surface area contributed by atoms with Crippen molar-refractivity contribution in [1.29, 1.82) is 0 Å². The van der Waals surface area contributed by atoms with Gasteiger partial charge in [-0.15, -0.1) is 0 Å². The third-order valence-corrected chi connectivity index (χ3v) is 5.62. The highest BCUT2D eigenvalue weighted by atomic mass is 35.5. The zero-order chi connectivity index (χ0) is 21.3. The first-order valence-electron chi connectivity index (χ1n) is 9.60. The van der Waals surface area contributed by atoms with Crippen LogP contribution in [-0.4, -0.2) is 5.91 Å². The number of halogens is 1. The lowest BCUT2D eigenvalue weighted by atomic mass is 10.0. The normalized spacial score (nSPS) is 10.9. The van der Waals surface area contributed by atoms with Crippen LogP contribution in [0.15, 0.2) is 75.9 Å². The quantitative estimate of drug-likeness (QED) is 0.420. The number of nitrogens with one attached hydrogen (secondary N) is 1. The Bertz CT molecular complexity index is 1320. The molecule has 30 heavy (non-hydrogen) atoms. The molecule has 1 N–H and O–H groups in total. The zero-order valence-corrected chi connectivity index (χ0v) is 17.4. The standard InChI is InChI=1S/C25H20ClNO3/c1-15-6-5-9-22(16(15)2)27-24(28)20-14-19-13-17(10-11-23(19)30-25(20)29)12-18-7-3-4-8-21(18)26/h3-11,13-14H,12H2,1-2H3,(H,27,28). The second kappa shape index (κ2) is 8.17. The monoisotopic (exact) mass is 417 g/mol. The molecular formula is C25H20ClNO3. The number of benzene rings is 3. The van der Waals surface area contributed by atoms with Crippen LogP contribution in [0.4, 0.5) is 5.69 Å². The van der Waals surface area contributed by atoms with Crippen LogP contribution in [0.25, 0.3) is 11.0 Å². The van der Waals surface area contributed by atoms with E-state index in [1.165, 1.54) is 0 Å². The summed E-state index contributed by atoms with van der Waals surface area (Å²) in [6.45, 7) is 3.89. The van der Waals surface area contributed by atoms with Gasteiger partial charge in [0.15, 0.2) is 0 Å². The molecule has 1 amide bonds. The van der Waals surface area contributed by atoms with E-state index in [2.05, 4.69) is 5.32 Å². The van der Waals surface area contributed by atoms with Crippen LogP contribution in [0, 0.1) is 13.8 Å². The van der Waals surface area contributed by atoms with E-state index >= 15 is 0 Å². The molecule has 0 aliphatic heterocycles. The molecule has 150 valence electrons. The number of anilines is 1. The zero-order valence-electron chi connectivity index (χ0n) is 16.7. The average molecular weight is 418 g/mol. The summed E-state index contributed by atoms with van der Waals surface area (Å²) < 4.78 is 5.39. The van der Waals surface area contributed by atoms with Gasteiger partial charge in [0.2, 0.25) is 0 Å². The summed E-state index contributed by atoms with van der Waals surface area (Å²) in [5.41, 5.74) is 4.44. The van der Waals surface area contributed by atoms with Gasteiger partial charge in [0, 0.05) is 16.1 Å². The summed E-state index contributed by atoms with van der Waals surface area (Å²) in [5, 5.41) is 4.20. The van der Waals surface area contributed by atoms with Gasteiger partial charge in [0.05, 0.1) is 0 Å². The van der Waals surface area contributed by atoms with Crippen LogP contribution in [0.3, 0.4) is 0 Å². The van der Waals surface area contributed by atoms with E-state index in [1.54, 1.807) is 12.1 Å². The molecule has 0 saturated heterocycles. The summed E-state index contributed by atoms with van der Waals surface area (Å²) in [6, 6.07) is 20.4. The van der Waals surface area contributed by atoms with Crippen LogP contribution >= 0.6 is 11.6 Å². The Labute approximate surface area is 179 Å². The van der Waals surface area contributed by atoms with Gasteiger partial charge in [0.1, 0.15) is 11.1 Å². The Hall–Kier alpha value is -3.37. The van der Waals surface area contributed by atoms with Crippen molar-refractivity contribution >= 4 is 34.2 Å². The highest BCUT2D eigenvalue weighted by Crippen LogP contribution is 2.23. The number of rotatable bonds is 4. The number of amides is 1. The summed E-state index contributed by atoms with van der Waals surface area (Å²) >= 11 is 6.27. The number of hydrogen-bond acceptors (Lipinski definition) is 3. The highest BCUT2D eigenvalue weighted by Gasteiger charge is 2.15. The van der Waals surface area contributed by atoms with Crippen LogP contribution in [0.2, 0.25) is 5.02 Å². The Kier molecular flexibility index (Phi) is 5.42. The molecule has 0 aliphatic carbocycles. The van der Waals surface area contributed by atoms with Gasteiger partial charge in [-0.3, -0.25) is 4.79 Å². The molecule has 5 heteroatoms. The Balaban J connectivity index is 1.67. The van der Waals surface area contributed by atoms with Crippen LogP contribution in [0.5, 0.6) is 0 Å². The number of carbonyl (C=O) groups is 1. The fourth-order valence-corrected chi connectivity index (χ4v) is 3.58. The van der Waals surface area contributed by atoms with Crippen molar-refractivity contribution in [2.45, 2.75) is 20.3 Å². The van der Waals surface area contributed by atoms with Crippen molar-refractivity contribution in [1.82, 2.24) is 0 Å². The molecule has 0 aliphatic rings. The molecule has 4 nitrogen and oxygen atoms in total. The SMILES string of the molecule is Cc1cccc(NC(=O)c2cc3cc(Cc4ccccc4Cl)ccc3oc2=O)c1C. The van der Waals surface area contributed by atoms with Crippen molar-refractivity contribution in [3.05, 3.63) is 110 Å². The van der Waals surface area contributed by atoms with Crippen molar-refractivity contribution in [3.8, 4) is 0 Å². The minimum absolute atomic E-state index is 0.0294. The predicted octanol–water partition coefficient (Wildman–Crippen LogP) is 5.91. The lowest BCUT2D eigenvalue weighted by Crippen LogP contribution is -2.21. The van der Waals surface area contributed by atoms with Crippen molar-refractivity contribution in [3.63, 3.8) is 0 Å². The Morgan fingerprint density at radius 2 is 1.80 bits per heavy atom. The largest absolute Gasteiger partial charge is 0.422 e. The smallest absolute Gasteiger partial charge is 0.349 e. The van der Waals surface area contributed by atoms with E-state index in [9.17, 15) is 9.59 Å². The lowest BCUT2D eigenvalue weighted by molar-refractivity contribution is 0.102. The molecule has 0 atom stereocenters. The van der Waals surface area contributed by atoms with Gasteiger partial charge in [-0.1, -0.05) is 48.0 Å². The first-order valence-corrected chi connectivity index (χ1v) is 9.98. The second-order valence-electron chi connectivity index (χ2n) is 7.29. The van der Waals surface area contributed by atoms with Crippen LogP contribution in [0.1, 0.15) is 32.6 Å². The maximum absolute atomic E-state index is 12.8. The molecule has 0 spiro atoms. The second-order valence-corrected chi connectivity index (χ2v) is 7.70. The highest BCUT2D eigenvalue weighted by molar-refractivity contribution is 6.31. The molecule has 1 heterocycles. The van der Waals surface area contributed by atoms with Crippen molar-refractivity contribution in [2.24, 2.45) is 0 Å². The van der Waals surface area contributed by atoms with Crippen molar-refractivity contribution < 1.29 is 9.21 Å². The molecule has 0 saturated carbocycles. The molecule has 4 aromatic rings. The summed E-state index contributed by atoms with van der Waals surface area (Å²) in [5.74, 6) is -0.490. The van der Waals surface area contributed by atoms with E-state index in [0.717, 1.165) is 22.3 Å². The molecule has 0 bridgehead atoms. The van der Waals surface area contributed by atoms with Gasteiger partial charge in [-0.05, 0) is 72.9 Å². The Morgan fingerprint density at radius 1 is 1.00 bits per heavy atom. The number of fused-ring (bicyclic) bond motifs is 1. The number of aryl methyl sites for hydroxylation is 1. The number of carbonyl (C=O) groups excluding carboxylic acids is 1.